The van der Waals surface area contributed by atoms with Gasteiger partial charge in [-0.2, -0.15) is 0 Å². The second-order valence-electron chi connectivity index (χ2n) is 6.28. The molecule has 0 saturated heterocycles. The van der Waals surface area contributed by atoms with Gasteiger partial charge in [-0.3, -0.25) is 10.1 Å². The van der Waals surface area contributed by atoms with Crippen molar-refractivity contribution in [3.63, 3.8) is 0 Å². The highest BCUT2D eigenvalue weighted by Crippen LogP contribution is 2.50. The zero-order chi connectivity index (χ0) is 16.7. The quantitative estimate of drug-likeness (QED) is 0.516. The zero-order valence-electron chi connectivity index (χ0n) is 13.3. The van der Waals surface area contributed by atoms with Gasteiger partial charge in [0.15, 0.2) is 0 Å². The number of hydrogen-bond donors (Lipinski definition) is 1. The van der Waals surface area contributed by atoms with Crippen LogP contribution in [0.5, 0.6) is 5.75 Å². The topological polar surface area (TPSA) is 64.4 Å². The maximum Gasteiger partial charge on any atom is 0.269 e. The molecule has 2 aromatic carbocycles. The van der Waals surface area contributed by atoms with Gasteiger partial charge in [-0.1, -0.05) is 24.3 Å². The minimum absolute atomic E-state index is 0.0609. The van der Waals surface area contributed by atoms with Crippen LogP contribution in [0.2, 0.25) is 0 Å². The number of ether oxygens (including phenoxy) is 1. The lowest BCUT2D eigenvalue weighted by Crippen LogP contribution is -2.29. The van der Waals surface area contributed by atoms with Crippen molar-refractivity contribution in [2.24, 2.45) is 5.92 Å². The summed E-state index contributed by atoms with van der Waals surface area (Å²) in [6.07, 6.45) is 5.41. The van der Waals surface area contributed by atoms with Crippen LogP contribution in [0.15, 0.2) is 54.6 Å². The lowest BCUT2D eigenvalue weighted by molar-refractivity contribution is -0.384. The summed E-state index contributed by atoms with van der Waals surface area (Å²) < 4.78 is 5.36. The summed E-state index contributed by atoms with van der Waals surface area (Å²) in [4.78, 5) is 10.8. The number of benzene rings is 2. The highest BCUT2D eigenvalue weighted by atomic mass is 16.6. The van der Waals surface area contributed by atoms with E-state index in [4.69, 9.17) is 4.74 Å². The number of anilines is 1. The van der Waals surface area contributed by atoms with E-state index >= 15 is 0 Å². The summed E-state index contributed by atoms with van der Waals surface area (Å²) in [5.74, 6) is 1.51. The molecule has 0 unspecified atom stereocenters. The van der Waals surface area contributed by atoms with Gasteiger partial charge in [-0.05, 0) is 41.7 Å². The van der Waals surface area contributed by atoms with E-state index in [2.05, 4.69) is 23.5 Å². The third-order valence-corrected chi connectivity index (χ3v) is 5.01. The van der Waals surface area contributed by atoms with Crippen molar-refractivity contribution in [3.8, 4) is 5.75 Å². The van der Waals surface area contributed by atoms with E-state index in [1.165, 1.54) is 11.6 Å². The fraction of sp³-hybridized carbons (Fsp3) is 0.263. The summed E-state index contributed by atoms with van der Waals surface area (Å²) >= 11 is 0. The second kappa shape index (κ2) is 5.67. The third kappa shape index (κ3) is 2.33. The van der Waals surface area contributed by atoms with Crippen molar-refractivity contribution in [2.75, 3.05) is 12.4 Å². The molecule has 2 aromatic rings. The van der Waals surface area contributed by atoms with Crippen LogP contribution in [-0.4, -0.2) is 12.0 Å². The predicted octanol–water partition coefficient (Wildman–Crippen LogP) is 4.43. The SMILES string of the molecule is COc1ccc2c(c1)[C@@H]1C=CC[C@H]1[C@@H](c1cccc([N+](=O)[O-])c1)N2. The van der Waals surface area contributed by atoms with E-state index in [0.717, 1.165) is 23.4 Å². The maximum atomic E-state index is 11.1. The normalized spacial score (nSPS) is 24.0. The number of fused-ring (bicyclic) bond motifs is 3. The van der Waals surface area contributed by atoms with Gasteiger partial charge in [-0.15, -0.1) is 0 Å². The third-order valence-electron chi connectivity index (χ3n) is 5.01. The van der Waals surface area contributed by atoms with Crippen molar-refractivity contribution >= 4 is 11.4 Å². The molecule has 0 aromatic heterocycles. The average Bonchev–Trinajstić information content (AvgIpc) is 3.10. The summed E-state index contributed by atoms with van der Waals surface area (Å²) in [5.41, 5.74) is 3.40. The monoisotopic (exact) mass is 322 g/mol. The molecule has 1 N–H and O–H groups in total. The van der Waals surface area contributed by atoms with Crippen LogP contribution in [0.3, 0.4) is 0 Å². The molecule has 0 fully saturated rings. The van der Waals surface area contributed by atoms with Crippen LogP contribution in [0, 0.1) is 16.0 Å². The predicted molar refractivity (Wildman–Crippen MR) is 92.4 cm³/mol. The molecule has 5 nitrogen and oxygen atoms in total. The number of non-ortho nitro benzene ring substituents is 1. The van der Waals surface area contributed by atoms with Gasteiger partial charge in [0.1, 0.15) is 5.75 Å². The smallest absolute Gasteiger partial charge is 0.269 e. The molecule has 0 spiro atoms. The lowest BCUT2D eigenvalue weighted by atomic mass is 9.77. The fourth-order valence-corrected chi connectivity index (χ4v) is 3.86. The number of methoxy groups -OCH3 is 1. The Balaban J connectivity index is 1.76. The molecule has 2 aliphatic rings. The van der Waals surface area contributed by atoms with Crippen LogP contribution in [-0.2, 0) is 0 Å². The molecule has 1 aliphatic carbocycles. The summed E-state index contributed by atoms with van der Waals surface area (Å²) in [6, 6.07) is 13.1. The molecule has 3 atom stereocenters. The Labute approximate surface area is 140 Å². The van der Waals surface area contributed by atoms with Gasteiger partial charge in [-0.25, -0.2) is 0 Å². The molecule has 122 valence electrons. The van der Waals surface area contributed by atoms with Gasteiger partial charge in [0.25, 0.3) is 5.69 Å². The maximum absolute atomic E-state index is 11.1. The van der Waals surface area contributed by atoms with E-state index < -0.39 is 0 Å². The second-order valence-corrected chi connectivity index (χ2v) is 6.28. The number of nitrogens with zero attached hydrogens (tertiary/aromatic N) is 1. The molecule has 0 bridgehead atoms. The van der Waals surface area contributed by atoms with Crippen LogP contribution in [0.4, 0.5) is 11.4 Å². The Morgan fingerprint density at radius 3 is 2.92 bits per heavy atom. The Hall–Kier alpha value is -2.82. The number of nitro benzene ring substituents is 1. The molecular formula is C19H18N2O3. The van der Waals surface area contributed by atoms with Gasteiger partial charge in [0.2, 0.25) is 0 Å². The van der Waals surface area contributed by atoms with Crippen molar-refractivity contribution in [1.29, 1.82) is 0 Å². The first-order valence-electron chi connectivity index (χ1n) is 8.03. The summed E-state index contributed by atoms with van der Waals surface area (Å²) in [6.45, 7) is 0. The van der Waals surface area contributed by atoms with Gasteiger partial charge < -0.3 is 10.1 Å². The van der Waals surface area contributed by atoms with Crippen LogP contribution in [0.25, 0.3) is 0 Å². The first-order valence-corrected chi connectivity index (χ1v) is 8.03. The van der Waals surface area contributed by atoms with Gasteiger partial charge in [0, 0.05) is 23.7 Å². The molecule has 1 heterocycles. The largest absolute Gasteiger partial charge is 0.497 e. The first kappa shape index (κ1) is 14.8. The molecule has 4 rings (SSSR count). The van der Waals surface area contributed by atoms with E-state index in [9.17, 15) is 10.1 Å². The van der Waals surface area contributed by atoms with Crippen molar-refractivity contribution in [3.05, 3.63) is 75.9 Å². The van der Waals surface area contributed by atoms with Crippen LogP contribution < -0.4 is 10.1 Å². The first-order chi connectivity index (χ1) is 11.7. The number of nitro groups is 1. The highest BCUT2D eigenvalue weighted by molar-refractivity contribution is 5.62. The molecule has 5 heteroatoms. The Bertz CT molecular complexity index is 831. The molecule has 0 saturated carbocycles. The highest BCUT2D eigenvalue weighted by Gasteiger charge is 2.38. The average molecular weight is 322 g/mol. The molecule has 0 amide bonds. The minimum Gasteiger partial charge on any atom is -0.497 e. The molecule has 0 radical (unpaired) electrons. The van der Waals surface area contributed by atoms with E-state index in [0.29, 0.717) is 11.8 Å². The van der Waals surface area contributed by atoms with E-state index in [-0.39, 0.29) is 16.7 Å². The van der Waals surface area contributed by atoms with Crippen LogP contribution in [0.1, 0.15) is 29.5 Å². The van der Waals surface area contributed by atoms with E-state index in [1.807, 2.05) is 18.2 Å². The standard InChI is InChI=1S/C19H18N2O3/c1-24-14-8-9-18-17(11-14)15-6-3-7-16(15)19(20-18)12-4-2-5-13(10-12)21(22)23/h2-6,8-11,15-16,19-20H,7H2,1H3/t15-,16-,19-/m1/s1. The zero-order valence-corrected chi connectivity index (χ0v) is 13.3. The number of rotatable bonds is 3. The van der Waals surface area contributed by atoms with Crippen molar-refractivity contribution in [1.82, 2.24) is 0 Å². The van der Waals surface area contributed by atoms with Gasteiger partial charge in [0.05, 0.1) is 18.1 Å². The Kier molecular flexibility index (Phi) is 3.49. The minimum atomic E-state index is -0.338. The van der Waals surface area contributed by atoms with Crippen molar-refractivity contribution in [2.45, 2.75) is 18.4 Å². The number of nitrogens with one attached hydrogen (secondary N) is 1. The Morgan fingerprint density at radius 2 is 2.12 bits per heavy atom. The Morgan fingerprint density at radius 1 is 1.25 bits per heavy atom. The lowest BCUT2D eigenvalue weighted by Gasteiger charge is -2.37. The van der Waals surface area contributed by atoms with Crippen molar-refractivity contribution < 1.29 is 9.66 Å². The summed E-state index contributed by atoms with van der Waals surface area (Å²) in [5, 5.41) is 14.7. The molecule has 1 aliphatic heterocycles. The van der Waals surface area contributed by atoms with E-state index in [1.54, 1.807) is 19.2 Å². The summed E-state index contributed by atoms with van der Waals surface area (Å²) in [7, 11) is 1.67. The molecule has 24 heavy (non-hydrogen) atoms. The fourth-order valence-electron chi connectivity index (χ4n) is 3.86. The van der Waals surface area contributed by atoms with Gasteiger partial charge >= 0.3 is 0 Å². The number of hydrogen-bond acceptors (Lipinski definition) is 4. The number of allylic oxidation sites excluding steroid dienone is 2. The van der Waals surface area contributed by atoms with Crippen LogP contribution >= 0.6 is 0 Å². The molecular weight excluding hydrogens is 304 g/mol.